The predicted octanol–water partition coefficient (Wildman–Crippen LogP) is 3.22. The Hall–Kier alpha value is -3.09. The van der Waals surface area contributed by atoms with Crippen molar-refractivity contribution in [1.29, 1.82) is 0 Å². The third-order valence-electron chi connectivity index (χ3n) is 10.8. The number of ether oxygens (including phenoxy) is 8. The Labute approximate surface area is 342 Å². The average molecular weight is 826 g/mol. The van der Waals surface area contributed by atoms with Gasteiger partial charge in [-0.25, -0.2) is 0 Å². The Morgan fingerprint density at radius 1 is 1.02 bits per heavy atom. The summed E-state index contributed by atoms with van der Waals surface area (Å²) in [5.74, 6) is -3.31. The number of nitrogens with zero attached hydrogens (tertiary/aromatic N) is 1. The lowest BCUT2D eigenvalue weighted by Crippen LogP contribution is -2.66. The molecule has 0 aromatic heterocycles. The van der Waals surface area contributed by atoms with E-state index in [1.54, 1.807) is 71.8 Å². The molecule has 0 aromatic carbocycles. The molecule has 16 nitrogen and oxygen atoms in total. The molecule has 0 spiro atoms. The summed E-state index contributed by atoms with van der Waals surface area (Å²) < 4.78 is 48.4. The first-order valence-electron chi connectivity index (χ1n) is 20.3. The second kappa shape index (κ2) is 22.5. The molecule has 16 heteroatoms. The minimum Gasteiger partial charge on any atom is -0.462 e. The van der Waals surface area contributed by atoms with E-state index < -0.39 is 115 Å². The lowest BCUT2D eigenvalue weighted by molar-refractivity contribution is -0.344. The lowest BCUT2D eigenvalue weighted by atomic mass is 9.83. The lowest BCUT2D eigenvalue weighted by Gasteiger charge is -2.50. The van der Waals surface area contributed by atoms with E-state index in [0.717, 1.165) is 0 Å². The third kappa shape index (κ3) is 14.0. The van der Waals surface area contributed by atoms with Crippen molar-refractivity contribution in [3.8, 4) is 0 Å². The molecule has 3 aliphatic heterocycles. The summed E-state index contributed by atoms with van der Waals surface area (Å²) in [4.78, 5) is 65.4. The van der Waals surface area contributed by atoms with Crippen molar-refractivity contribution < 1.29 is 72.1 Å². The molecule has 330 valence electrons. The Morgan fingerprint density at radius 3 is 2.29 bits per heavy atom. The highest BCUT2D eigenvalue weighted by Gasteiger charge is 2.53. The maximum atomic E-state index is 13.2. The number of aliphatic hydroxyl groups is 2. The Balaban J connectivity index is 1.98. The van der Waals surface area contributed by atoms with Crippen molar-refractivity contribution in [1.82, 2.24) is 4.90 Å². The van der Waals surface area contributed by atoms with Crippen LogP contribution < -0.4 is 0 Å². The molecule has 0 bridgehead atoms. The Kier molecular flexibility index (Phi) is 19.1. The zero-order chi connectivity index (χ0) is 43.5. The van der Waals surface area contributed by atoms with Crippen LogP contribution in [-0.4, -0.2) is 145 Å². The van der Waals surface area contributed by atoms with Crippen LogP contribution >= 0.6 is 0 Å². The largest absolute Gasteiger partial charge is 0.462 e. The van der Waals surface area contributed by atoms with Gasteiger partial charge in [0.2, 0.25) is 0 Å². The zero-order valence-corrected chi connectivity index (χ0v) is 35.9. The highest BCUT2D eigenvalue weighted by atomic mass is 16.7. The van der Waals surface area contributed by atoms with Crippen LogP contribution in [0.5, 0.6) is 0 Å². The molecular weight excluding hydrogens is 758 g/mol. The first-order chi connectivity index (χ1) is 27.2. The summed E-state index contributed by atoms with van der Waals surface area (Å²) in [6, 6.07) is -0.796. The number of carbonyl (C=O) groups is 5. The monoisotopic (exact) mass is 825 g/mol. The normalized spacial score (nSPS) is 39.4. The molecule has 3 heterocycles. The van der Waals surface area contributed by atoms with Crippen LogP contribution in [0.2, 0.25) is 0 Å². The van der Waals surface area contributed by atoms with Gasteiger partial charge in [0, 0.05) is 45.6 Å². The predicted molar refractivity (Wildman–Crippen MR) is 209 cm³/mol. The highest BCUT2D eigenvalue weighted by molar-refractivity contribution is 5.91. The topological polar surface area (TPSA) is 203 Å². The number of aldehydes is 1. The van der Waals surface area contributed by atoms with Crippen molar-refractivity contribution in [3.05, 3.63) is 24.3 Å². The molecule has 0 unspecified atom stereocenters. The van der Waals surface area contributed by atoms with Crippen molar-refractivity contribution in [2.75, 3.05) is 21.2 Å². The maximum absolute atomic E-state index is 13.2. The number of ketones is 1. The minimum atomic E-state index is -1.51. The smallest absolute Gasteiger partial charge is 0.309 e. The fourth-order valence-electron chi connectivity index (χ4n) is 7.98. The van der Waals surface area contributed by atoms with Crippen molar-refractivity contribution in [3.63, 3.8) is 0 Å². The van der Waals surface area contributed by atoms with Gasteiger partial charge in [-0.05, 0) is 66.1 Å². The molecule has 2 saturated heterocycles. The first-order valence-corrected chi connectivity index (χ1v) is 20.3. The molecule has 0 aliphatic carbocycles. The molecule has 0 saturated carbocycles. The Bertz CT molecular complexity index is 1430. The van der Waals surface area contributed by atoms with Crippen LogP contribution in [0.4, 0.5) is 0 Å². The average Bonchev–Trinajstić information content (AvgIpc) is 3.09. The van der Waals surface area contributed by atoms with E-state index in [0.29, 0.717) is 12.7 Å². The first kappa shape index (κ1) is 49.3. The van der Waals surface area contributed by atoms with Gasteiger partial charge in [0.15, 0.2) is 24.5 Å². The van der Waals surface area contributed by atoms with Crippen LogP contribution in [0.15, 0.2) is 24.3 Å². The highest BCUT2D eigenvalue weighted by Crippen LogP contribution is 2.37. The van der Waals surface area contributed by atoms with Gasteiger partial charge in [-0.2, -0.15) is 0 Å². The van der Waals surface area contributed by atoms with Crippen molar-refractivity contribution in [2.45, 2.75) is 173 Å². The number of allylic oxidation sites excluding steroid dienone is 3. The van der Waals surface area contributed by atoms with Crippen LogP contribution in [0.3, 0.4) is 0 Å². The number of rotatable bonds is 12. The van der Waals surface area contributed by atoms with Gasteiger partial charge in [0.05, 0.1) is 30.8 Å². The fraction of sp³-hybridized carbons (Fsp3) is 0.786. The van der Waals surface area contributed by atoms with Crippen LogP contribution in [-0.2, 0) is 61.9 Å². The standard InChI is InChI=1S/C42H67NO15/c1-23(2)19-32(47)56-40-27(6)53-34(22-42(40,8)50)57-37-26(5)54-41(36(49)35(37)43(9)10)58-38-29(17-18-44)20-24(3)30(46)16-14-12-13-15-25(4)52-33(48)21-31(39(38)51-11)55-28(7)45/h12-14,16,18,23-27,29,31,34-41,49-50H,15,17,19-22H2,1-11H3/b13-12+,16-14-/t24-,25-,26-,27+,29+,31-,34+,35-,36-,37-,38+,39+,40+,41+,42-/m1/s1. The minimum absolute atomic E-state index is 0.0531. The summed E-state index contributed by atoms with van der Waals surface area (Å²) in [6.45, 7) is 13.4. The van der Waals surface area contributed by atoms with E-state index in [9.17, 15) is 34.2 Å². The van der Waals surface area contributed by atoms with Gasteiger partial charge in [-0.15, -0.1) is 0 Å². The molecule has 0 amide bonds. The zero-order valence-electron chi connectivity index (χ0n) is 35.9. The summed E-state index contributed by atoms with van der Waals surface area (Å²) in [5.41, 5.74) is -1.51. The SMILES string of the molecule is CO[C@@H]1[C@@H](O[C@@H]2O[C@H](C)[C@@H](O[C@H]3C[C@@](C)(O)[C@@H](OC(=O)CC(C)C)[C@H](C)O3)[C@H](N(C)C)[C@H]2O)[C@@H](CC=O)C[C@@H](C)C(=O)/C=C\C=C\C[C@@H](C)OC(=O)C[C@H]1OC(C)=O. The van der Waals surface area contributed by atoms with Gasteiger partial charge in [0.1, 0.15) is 42.4 Å². The number of carbonyl (C=O) groups excluding carboxylic acids is 5. The van der Waals surface area contributed by atoms with Gasteiger partial charge in [0.25, 0.3) is 0 Å². The van der Waals surface area contributed by atoms with Gasteiger partial charge in [-0.1, -0.05) is 39.0 Å². The number of hydrogen-bond donors (Lipinski definition) is 2. The number of hydrogen-bond acceptors (Lipinski definition) is 16. The van der Waals surface area contributed by atoms with Crippen molar-refractivity contribution in [2.24, 2.45) is 17.8 Å². The van der Waals surface area contributed by atoms with Crippen LogP contribution in [0, 0.1) is 17.8 Å². The molecular formula is C42H67NO15. The summed E-state index contributed by atoms with van der Waals surface area (Å²) in [5, 5.41) is 23.5. The maximum Gasteiger partial charge on any atom is 0.309 e. The van der Waals surface area contributed by atoms with Crippen LogP contribution in [0.25, 0.3) is 0 Å². The van der Waals surface area contributed by atoms with Gasteiger partial charge in [-0.3, -0.25) is 19.2 Å². The van der Waals surface area contributed by atoms with Gasteiger partial charge >= 0.3 is 17.9 Å². The fourth-order valence-corrected chi connectivity index (χ4v) is 7.98. The molecule has 0 radical (unpaired) electrons. The molecule has 58 heavy (non-hydrogen) atoms. The van der Waals surface area contributed by atoms with Crippen LogP contribution in [0.1, 0.15) is 93.9 Å². The second-order valence-electron chi connectivity index (χ2n) is 16.8. The van der Waals surface area contributed by atoms with E-state index in [1.807, 2.05) is 13.8 Å². The molecule has 3 rings (SSSR count). The second-order valence-corrected chi connectivity index (χ2v) is 16.8. The number of methoxy groups -OCH3 is 1. The molecule has 2 N–H and O–H groups in total. The summed E-state index contributed by atoms with van der Waals surface area (Å²) >= 11 is 0. The van der Waals surface area contributed by atoms with Crippen molar-refractivity contribution >= 4 is 30.0 Å². The number of likely N-dealkylation sites (N-methyl/N-ethyl adjacent to an activating group) is 1. The summed E-state index contributed by atoms with van der Waals surface area (Å²) in [6.07, 6.45) is -4.02. The Morgan fingerprint density at radius 2 is 1.71 bits per heavy atom. The molecule has 0 aromatic rings. The quantitative estimate of drug-likeness (QED) is 0.165. The molecule has 15 atom stereocenters. The van der Waals surface area contributed by atoms with E-state index in [2.05, 4.69) is 0 Å². The van der Waals surface area contributed by atoms with Gasteiger partial charge < -0.3 is 57.8 Å². The third-order valence-corrected chi connectivity index (χ3v) is 10.8. The summed E-state index contributed by atoms with van der Waals surface area (Å²) in [7, 11) is 4.82. The van der Waals surface area contributed by atoms with E-state index >= 15 is 0 Å². The van der Waals surface area contributed by atoms with E-state index in [1.165, 1.54) is 20.1 Å². The molecule has 2 fully saturated rings. The van der Waals surface area contributed by atoms with E-state index in [-0.39, 0.29) is 37.4 Å². The number of esters is 3. The number of aliphatic hydroxyl groups excluding tert-OH is 1. The number of cyclic esters (lactones) is 1. The van der Waals surface area contributed by atoms with E-state index in [4.69, 9.17) is 37.9 Å². The molecule has 3 aliphatic rings.